The predicted molar refractivity (Wildman–Crippen MR) is 133 cm³/mol. The Morgan fingerprint density at radius 3 is 2.19 bits per heavy atom. The lowest BCUT2D eigenvalue weighted by atomic mass is 9.43. The van der Waals surface area contributed by atoms with Crippen LogP contribution in [0.25, 0.3) is 0 Å². The maximum Gasteiger partial charge on any atom is 0.191 e. The van der Waals surface area contributed by atoms with E-state index in [1.165, 1.54) is 0 Å². The van der Waals surface area contributed by atoms with E-state index in [-0.39, 0.29) is 41.1 Å². The minimum Gasteiger partial charge on any atom is -0.417 e. The van der Waals surface area contributed by atoms with Gasteiger partial charge in [0.25, 0.3) is 0 Å². The summed E-state index contributed by atoms with van der Waals surface area (Å²) in [6.45, 7) is 16.4. The third-order valence-electron chi connectivity index (χ3n) is 11.3. The molecule has 4 nitrogen and oxygen atoms in total. The van der Waals surface area contributed by atoms with Gasteiger partial charge in [0.1, 0.15) is 5.78 Å². The Bertz CT molecular complexity index is 670. The highest BCUT2D eigenvalue weighted by Gasteiger charge is 2.67. The van der Waals surface area contributed by atoms with Crippen molar-refractivity contribution in [2.75, 3.05) is 13.2 Å². The topological polar surface area (TPSA) is 66.8 Å². The first-order valence-electron chi connectivity index (χ1n) is 13.5. The van der Waals surface area contributed by atoms with E-state index >= 15 is 0 Å². The van der Waals surface area contributed by atoms with Crippen molar-refractivity contribution >= 4 is 14.1 Å². The van der Waals surface area contributed by atoms with E-state index in [2.05, 4.69) is 48.5 Å². The lowest BCUT2D eigenvalue weighted by Crippen LogP contribution is -2.63. The third-order valence-corrected chi connectivity index (χ3v) is 16.0. The zero-order valence-corrected chi connectivity index (χ0v) is 22.9. The molecular formula is C27H50O4Si. The van der Waals surface area contributed by atoms with Crippen molar-refractivity contribution in [2.45, 2.75) is 111 Å². The molecule has 3 aliphatic carbocycles. The lowest BCUT2D eigenvalue weighted by molar-refractivity contribution is -0.191. The fourth-order valence-corrected chi connectivity index (χ4v) is 11.2. The molecule has 3 aliphatic rings. The molecule has 186 valence electrons. The Kier molecular flexibility index (Phi) is 7.77. The number of rotatable bonds is 8. The Hall–Kier alpha value is -0.233. The maximum atomic E-state index is 13.8. The summed E-state index contributed by atoms with van der Waals surface area (Å²) in [6.07, 6.45) is 4.77. The highest BCUT2D eigenvalue weighted by Crippen LogP contribution is 2.69. The summed E-state index contributed by atoms with van der Waals surface area (Å²) < 4.78 is 6.83. The average Bonchev–Trinajstić information content (AvgIpc) is 3.20. The molecule has 32 heavy (non-hydrogen) atoms. The molecule has 3 fully saturated rings. The van der Waals surface area contributed by atoms with E-state index in [4.69, 9.17) is 4.43 Å². The summed E-state index contributed by atoms with van der Waals surface area (Å²) in [6, 6.07) is 3.41. The number of Topliss-reactive ketones (excluding diaryl/α,β-unsaturated/α-hetero) is 1. The monoisotopic (exact) mass is 466 g/mol. The van der Waals surface area contributed by atoms with Crippen molar-refractivity contribution in [2.24, 2.45) is 39.9 Å². The summed E-state index contributed by atoms with van der Waals surface area (Å²) in [5.74, 6) is 0.954. The molecule has 3 saturated carbocycles. The summed E-state index contributed by atoms with van der Waals surface area (Å²) >= 11 is 0. The number of carbonyl (C=O) groups is 1. The molecule has 0 radical (unpaired) electrons. The molecule has 2 N–H and O–H groups in total. The predicted octanol–water partition coefficient (Wildman–Crippen LogP) is 5.82. The van der Waals surface area contributed by atoms with Gasteiger partial charge in [-0.3, -0.25) is 4.79 Å². The molecule has 0 aromatic rings. The second-order valence-corrected chi connectivity index (χ2v) is 16.8. The summed E-state index contributed by atoms with van der Waals surface area (Å²) in [5, 5.41) is 22.3. The van der Waals surface area contributed by atoms with E-state index in [0.29, 0.717) is 12.2 Å². The van der Waals surface area contributed by atoms with Crippen LogP contribution >= 0.6 is 0 Å². The fourth-order valence-electron chi connectivity index (χ4n) is 8.49. The molecule has 2 bridgehead atoms. The number of ketones is 1. The fraction of sp³-hybridized carbons (Fsp3) is 0.963. The quantitative estimate of drug-likeness (QED) is 0.443. The van der Waals surface area contributed by atoms with Crippen LogP contribution in [0.2, 0.25) is 18.1 Å². The smallest absolute Gasteiger partial charge is 0.191 e. The van der Waals surface area contributed by atoms with Crippen LogP contribution in [0.1, 0.15) is 87.0 Å². The van der Waals surface area contributed by atoms with Crippen LogP contribution in [0.5, 0.6) is 0 Å². The number of aliphatic hydroxyl groups excluding tert-OH is 2. The molecule has 0 aromatic carbocycles. The van der Waals surface area contributed by atoms with Crippen LogP contribution in [0.15, 0.2) is 0 Å². The molecular weight excluding hydrogens is 416 g/mol. The normalized spacial score (nSPS) is 44.8. The van der Waals surface area contributed by atoms with E-state index in [1.807, 2.05) is 0 Å². The number of hydrogen-bond acceptors (Lipinski definition) is 4. The van der Waals surface area contributed by atoms with Crippen molar-refractivity contribution in [3.05, 3.63) is 0 Å². The summed E-state index contributed by atoms with van der Waals surface area (Å²) in [5.41, 5.74) is -0.905. The second kappa shape index (κ2) is 9.43. The van der Waals surface area contributed by atoms with E-state index < -0.39 is 19.8 Å². The standard InChI is InChI=1S/C27H50O4Si/c1-8-25(6)16-22(29)26(7)21(18-31-32(9-2,10-3)11-4)13-15-27(19(5)24(25)30)14-12-20(17-28)23(26)27/h19-23,28-29H,8-18H2,1-7H3/t19-,20?,21-,22+,23?,25+,26-,27+/m0/s1. The van der Waals surface area contributed by atoms with Gasteiger partial charge >= 0.3 is 0 Å². The molecule has 0 aliphatic heterocycles. The van der Waals surface area contributed by atoms with Gasteiger partial charge in [-0.1, -0.05) is 48.5 Å². The van der Waals surface area contributed by atoms with Crippen molar-refractivity contribution in [3.8, 4) is 0 Å². The average molecular weight is 467 g/mol. The zero-order valence-electron chi connectivity index (χ0n) is 21.9. The van der Waals surface area contributed by atoms with Gasteiger partial charge in [0, 0.05) is 30.0 Å². The number of aliphatic hydroxyl groups is 2. The molecule has 2 unspecified atom stereocenters. The van der Waals surface area contributed by atoms with Crippen LogP contribution in [0.4, 0.5) is 0 Å². The highest BCUT2D eigenvalue weighted by atomic mass is 28.4. The van der Waals surface area contributed by atoms with Gasteiger partial charge in [0.15, 0.2) is 8.32 Å². The highest BCUT2D eigenvalue weighted by molar-refractivity contribution is 6.73. The van der Waals surface area contributed by atoms with Crippen LogP contribution in [0, 0.1) is 39.9 Å². The van der Waals surface area contributed by atoms with E-state index in [0.717, 1.165) is 56.8 Å². The molecule has 0 spiro atoms. The second-order valence-electron chi connectivity index (χ2n) is 12.1. The lowest BCUT2D eigenvalue weighted by Gasteiger charge is -2.62. The molecule has 3 rings (SSSR count). The number of carbonyl (C=O) groups excluding carboxylic acids is 1. The van der Waals surface area contributed by atoms with Gasteiger partial charge in [-0.15, -0.1) is 0 Å². The van der Waals surface area contributed by atoms with Gasteiger partial charge in [-0.25, -0.2) is 0 Å². The Labute approximate surface area is 198 Å². The van der Waals surface area contributed by atoms with Crippen molar-refractivity contribution in [3.63, 3.8) is 0 Å². The number of hydrogen-bond donors (Lipinski definition) is 2. The van der Waals surface area contributed by atoms with E-state index in [9.17, 15) is 15.0 Å². The molecule has 0 amide bonds. The van der Waals surface area contributed by atoms with Gasteiger partial charge in [-0.2, -0.15) is 0 Å². The molecule has 0 heterocycles. The van der Waals surface area contributed by atoms with Gasteiger partial charge in [0.2, 0.25) is 0 Å². The third kappa shape index (κ3) is 3.78. The van der Waals surface area contributed by atoms with Crippen molar-refractivity contribution in [1.82, 2.24) is 0 Å². The summed E-state index contributed by atoms with van der Waals surface area (Å²) in [7, 11) is -1.73. The first-order valence-corrected chi connectivity index (χ1v) is 16.0. The molecule has 5 heteroatoms. The van der Waals surface area contributed by atoms with Gasteiger partial charge in [0.05, 0.1) is 6.10 Å². The first kappa shape index (κ1) is 26.4. The van der Waals surface area contributed by atoms with E-state index in [1.54, 1.807) is 0 Å². The van der Waals surface area contributed by atoms with Crippen LogP contribution in [0.3, 0.4) is 0 Å². The molecule has 0 saturated heterocycles. The van der Waals surface area contributed by atoms with Gasteiger partial charge in [-0.05, 0) is 79.8 Å². The molecule has 0 aromatic heterocycles. The Morgan fingerprint density at radius 1 is 1.06 bits per heavy atom. The minimum absolute atomic E-state index is 0.0157. The summed E-state index contributed by atoms with van der Waals surface area (Å²) in [4.78, 5) is 13.8. The SMILES string of the molecule is CC[C@]1(C)C[C@@H](O)[C@@]2(C)C3C(CO)CC[C@@]3(CC[C@H]2CO[Si](CC)(CC)CC)[C@@H](C)C1=O. The van der Waals surface area contributed by atoms with Gasteiger partial charge < -0.3 is 14.6 Å². The Balaban J connectivity index is 2.07. The Morgan fingerprint density at radius 2 is 1.66 bits per heavy atom. The zero-order chi connectivity index (χ0) is 23.9. The van der Waals surface area contributed by atoms with Crippen LogP contribution < -0.4 is 0 Å². The van der Waals surface area contributed by atoms with Crippen LogP contribution in [-0.4, -0.2) is 43.6 Å². The minimum atomic E-state index is -1.73. The first-order chi connectivity index (χ1) is 15.0. The molecule has 8 atom stereocenters. The van der Waals surface area contributed by atoms with Crippen molar-refractivity contribution in [1.29, 1.82) is 0 Å². The maximum absolute atomic E-state index is 13.8. The van der Waals surface area contributed by atoms with Crippen molar-refractivity contribution < 1.29 is 19.4 Å². The van der Waals surface area contributed by atoms with Crippen LogP contribution in [-0.2, 0) is 9.22 Å². The largest absolute Gasteiger partial charge is 0.417 e.